The predicted octanol–water partition coefficient (Wildman–Crippen LogP) is 3.94. The lowest BCUT2D eigenvalue weighted by Crippen LogP contribution is -2.36. The van der Waals surface area contributed by atoms with Crippen LogP contribution in [0.4, 0.5) is 14.9 Å². The predicted molar refractivity (Wildman–Crippen MR) is 107 cm³/mol. The molecule has 3 rings (SSSR count). The number of hydrogen-bond donors (Lipinski definition) is 1. The average Bonchev–Trinajstić information content (AvgIpc) is 3.06. The lowest BCUT2D eigenvalue weighted by molar-refractivity contribution is -0.127. The lowest BCUT2D eigenvalue weighted by atomic mass is 10.2. The van der Waals surface area contributed by atoms with Crippen molar-refractivity contribution in [3.8, 4) is 0 Å². The van der Waals surface area contributed by atoms with Crippen LogP contribution in [0.5, 0.6) is 0 Å². The SMILES string of the molecule is CCn1c(C)cc(C=C2SC(=O)N(CC(=O)Nc3ccc(F)cc3)C2=O)c1C. The molecule has 1 aromatic carbocycles. The van der Waals surface area contributed by atoms with Crippen molar-refractivity contribution in [2.75, 3.05) is 11.9 Å². The fourth-order valence-electron chi connectivity index (χ4n) is 3.12. The van der Waals surface area contributed by atoms with Crippen LogP contribution >= 0.6 is 11.8 Å². The van der Waals surface area contributed by atoms with Gasteiger partial charge in [-0.05, 0) is 74.5 Å². The number of aromatic nitrogens is 1. The molecular formula is C20H20FN3O3S. The monoisotopic (exact) mass is 401 g/mol. The number of anilines is 1. The molecule has 0 atom stereocenters. The largest absolute Gasteiger partial charge is 0.349 e. The highest BCUT2D eigenvalue weighted by Crippen LogP contribution is 2.33. The van der Waals surface area contributed by atoms with Gasteiger partial charge in [-0.3, -0.25) is 19.3 Å². The third-order valence-corrected chi connectivity index (χ3v) is 5.43. The first-order valence-corrected chi connectivity index (χ1v) is 9.59. The Balaban J connectivity index is 1.73. The Bertz CT molecular complexity index is 979. The van der Waals surface area contributed by atoms with Crippen LogP contribution in [-0.2, 0) is 16.1 Å². The van der Waals surface area contributed by atoms with Gasteiger partial charge in [0.15, 0.2) is 0 Å². The molecule has 1 aliphatic rings. The number of rotatable bonds is 5. The number of benzene rings is 1. The molecule has 28 heavy (non-hydrogen) atoms. The molecule has 0 spiro atoms. The van der Waals surface area contributed by atoms with Crippen LogP contribution in [0.25, 0.3) is 6.08 Å². The third kappa shape index (κ3) is 4.01. The second-order valence-electron chi connectivity index (χ2n) is 6.39. The molecule has 146 valence electrons. The summed E-state index contributed by atoms with van der Waals surface area (Å²) in [6.45, 7) is 6.41. The van der Waals surface area contributed by atoms with Crippen molar-refractivity contribution in [3.05, 3.63) is 58.0 Å². The fourth-order valence-corrected chi connectivity index (χ4v) is 3.94. The van der Waals surface area contributed by atoms with Crippen LogP contribution in [0.3, 0.4) is 0 Å². The highest BCUT2D eigenvalue weighted by molar-refractivity contribution is 8.18. The lowest BCUT2D eigenvalue weighted by Gasteiger charge is -2.12. The van der Waals surface area contributed by atoms with Crippen molar-refractivity contribution in [2.45, 2.75) is 27.3 Å². The summed E-state index contributed by atoms with van der Waals surface area (Å²) >= 11 is 0.818. The minimum absolute atomic E-state index is 0.288. The first-order chi connectivity index (χ1) is 13.3. The van der Waals surface area contributed by atoms with Crippen LogP contribution in [0, 0.1) is 19.7 Å². The van der Waals surface area contributed by atoms with Gasteiger partial charge < -0.3 is 9.88 Å². The summed E-state index contributed by atoms with van der Waals surface area (Å²) in [6, 6.07) is 7.21. The Hall–Kier alpha value is -2.87. The van der Waals surface area contributed by atoms with Gasteiger partial charge >= 0.3 is 0 Å². The maximum atomic E-state index is 12.9. The summed E-state index contributed by atoms with van der Waals surface area (Å²) in [4.78, 5) is 38.2. The van der Waals surface area contributed by atoms with Gasteiger partial charge in [0.1, 0.15) is 12.4 Å². The number of halogens is 1. The maximum absolute atomic E-state index is 12.9. The molecule has 3 amide bonds. The van der Waals surface area contributed by atoms with Crippen LogP contribution in [0.2, 0.25) is 0 Å². The van der Waals surface area contributed by atoms with Crippen molar-refractivity contribution in [1.29, 1.82) is 0 Å². The highest BCUT2D eigenvalue weighted by atomic mass is 32.2. The summed E-state index contributed by atoms with van der Waals surface area (Å²) in [5, 5.41) is 2.05. The number of imide groups is 1. The van der Waals surface area contributed by atoms with E-state index in [-0.39, 0.29) is 4.91 Å². The van der Waals surface area contributed by atoms with Crippen molar-refractivity contribution in [3.63, 3.8) is 0 Å². The summed E-state index contributed by atoms with van der Waals surface area (Å²) in [6.07, 6.45) is 1.69. The number of nitrogens with zero attached hydrogens (tertiary/aromatic N) is 2. The number of hydrogen-bond acceptors (Lipinski definition) is 4. The fraction of sp³-hybridized carbons (Fsp3) is 0.250. The molecule has 1 N–H and O–H groups in total. The van der Waals surface area contributed by atoms with Crippen molar-refractivity contribution < 1.29 is 18.8 Å². The van der Waals surface area contributed by atoms with Crippen LogP contribution < -0.4 is 5.32 Å². The van der Waals surface area contributed by atoms with E-state index in [1.807, 2.05) is 26.8 Å². The molecule has 1 aliphatic heterocycles. The van der Waals surface area contributed by atoms with Crippen LogP contribution in [0.1, 0.15) is 23.9 Å². The maximum Gasteiger partial charge on any atom is 0.294 e. The van der Waals surface area contributed by atoms with E-state index >= 15 is 0 Å². The smallest absolute Gasteiger partial charge is 0.294 e. The van der Waals surface area contributed by atoms with Crippen molar-refractivity contribution in [2.24, 2.45) is 0 Å². The molecule has 6 nitrogen and oxygen atoms in total. The van der Waals surface area contributed by atoms with Gasteiger partial charge in [-0.1, -0.05) is 0 Å². The zero-order valence-electron chi connectivity index (χ0n) is 15.8. The number of nitrogens with one attached hydrogen (secondary N) is 1. The Morgan fingerprint density at radius 2 is 1.89 bits per heavy atom. The number of amides is 3. The van der Waals surface area contributed by atoms with E-state index < -0.39 is 29.4 Å². The van der Waals surface area contributed by atoms with Crippen molar-refractivity contribution in [1.82, 2.24) is 9.47 Å². The van der Waals surface area contributed by atoms with E-state index in [1.54, 1.807) is 6.08 Å². The van der Waals surface area contributed by atoms with Gasteiger partial charge in [0.05, 0.1) is 4.91 Å². The van der Waals surface area contributed by atoms with Crippen molar-refractivity contribution >= 4 is 40.6 Å². The molecule has 1 aromatic heterocycles. The Labute approximate surface area is 166 Å². The van der Waals surface area contributed by atoms with Crippen LogP contribution in [-0.4, -0.2) is 33.1 Å². The number of thioether (sulfide) groups is 1. The molecule has 2 aromatic rings. The van der Waals surface area contributed by atoms with E-state index in [9.17, 15) is 18.8 Å². The van der Waals surface area contributed by atoms with Gasteiger partial charge in [-0.15, -0.1) is 0 Å². The van der Waals surface area contributed by atoms with E-state index in [1.165, 1.54) is 24.3 Å². The normalized spacial score (nSPS) is 15.6. The summed E-state index contributed by atoms with van der Waals surface area (Å²) in [5.74, 6) is -1.44. The first-order valence-electron chi connectivity index (χ1n) is 8.77. The molecule has 0 radical (unpaired) electrons. The molecule has 1 fully saturated rings. The molecule has 2 heterocycles. The summed E-state index contributed by atoms with van der Waals surface area (Å²) in [7, 11) is 0. The van der Waals surface area contributed by atoms with Gasteiger partial charge in [-0.2, -0.15) is 0 Å². The first kappa shape index (κ1) is 19.9. The zero-order valence-corrected chi connectivity index (χ0v) is 16.6. The minimum Gasteiger partial charge on any atom is -0.349 e. The van der Waals surface area contributed by atoms with E-state index in [4.69, 9.17) is 0 Å². The van der Waals surface area contributed by atoms with Gasteiger partial charge in [0.25, 0.3) is 11.1 Å². The molecule has 0 unspecified atom stereocenters. The topological polar surface area (TPSA) is 71.4 Å². The Morgan fingerprint density at radius 3 is 2.50 bits per heavy atom. The van der Waals surface area contributed by atoms with E-state index in [2.05, 4.69) is 9.88 Å². The minimum atomic E-state index is -0.528. The van der Waals surface area contributed by atoms with Crippen LogP contribution in [0.15, 0.2) is 35.2 Å². The van der Waals surface area contributed by atoms with E-state index in [0.717, 1.165) is 40.2 Å². The molecular weight excluding hydrogens is 381 g/mol. The average molecular weight is 401 g/mol. The second-order valence-corrected chi connectivity index (χ2v) is 7.39. The molecule has 8 heteroatoms. The quantitative estimate of drug-likeness (QED) is 0.771. The van der Waals surface area contributed by atoms with E-state index in [0.29, 0.717) is 5.69 Å². The standard InChI is InChI=1S/C20H20FN3O3S/c1-4-23-12(2)9-14(13(23)3)10-17-19(26)24(20(27)28-17)11-18(25)22-16-7-5-15(21)6-8-16/h5-10H,4,11H2,1-3H3,(H,22,25). The Kier molecular flexibility index (Phi) is 5.69. The molecule has 0 aliphatic carbocycles. The highest BCUT2D eigenvalue weighted by Gasteiger charge is 2.36. The number of aryl methyl sites for hydroxylation is 1. The zero-order chi connectivity index (χ0) is 20.4. The second kappa shape index (κ2) is 8.02. The molecule has 1 saturated heterocycles. The van der Waals surface area contributed by atoms with Gasteiger partial charge in [-0.25, -0.2) is 4.39 Å². The number of carbonyl (C=O) groups is 3. The third-order valence-electron chi connectivity index (χ3n) is 4.52. The summed E-state index contributed by atoms with van der Waals surface area (Å²) < 4.78 is 15.1. The van der Waals surface area contributed by atoms with Gasteiger partial charge in [0.2, 0.25) is 5.91 Å². The van der Waals surface area contributed by atoms with Gasteiger partial charge in [0, 0.05) is 23.6 Å². The number of carbonyl (C=O) groups excluding carboxylic acids is 3. The Morgan fingerprint density at radius 1 is 1.21 bits per heavy atom. The molecule has 0 saturated carbocycles. The summed E-state index contributed by atoms with van der Waals surface area (Å²) in [5.41, 5.74) is 3.35. The molecule has 0 bridgehead atoms.